The standard InChI is InChI=1S/C19H23NOS2/c1-22-18-11-5-15(6-12-18)3-9-17(20-21)10-4-16-7-13-19(23-2)14-8-16/h5-8,11-14,21H,3-4,9-10H2,1-2H3. The second-order valence-electron chi connectivity index (χ2n) is 5.36. The third kappa shape index (κ3) is 5.96. The highest BCUT2D eigenvalue weighted by Crippen LogP contribution is 2.17. The molecule has 0 atom stereocenters. The molecule has 0 unspecified atom stereocenters. The fraction of sp³-hybridized carbons (Fsp3) is 0.316. The van der Waals surface area contributed by atoms with Crippen LogP contribution >= 0.6 is 23.5 Å². The molecule has 2 aromatic rings. The van der Waals surface area contributed by atoms with Gasteiger partial charge in [-0.2, -0.15) is 0 Å². The van der Waals surface area contributed by atoms with E-state index in [1.54, 1.807) is 23.5 Å². The first-order valence-electron chi connectivity index (χ1n) is 7.71. The maximum Gasteiger partial charge on any atom is 0.0577 e. The number of benzene rings is 2. The van der Waals surface area contributed by atoms with Crippen LogP contribution in [0.15, 0.2) is 63.5 Å². The van der Waals surface area contributed by atoms with Gasteiger partial charge in [0.05, 0.1) is 5.71 Å². The van der Waals surface area contributed by atoms with Crippen molar-refractivity contribution in [1.29, 1.82) is 0 Å². The summed E-state index contributed by atoms with van der Waals surface area (Å²) < 4.78 is 0. The Hall–Kier alpha value is -1.39. The highest BCUT2D eigenvalue weighted by atomic mass is 32.2. The number of hydrogen-bond acceptors (Lipinski definition) is 4. The predicted molar refractivity (Wildman–Crippen MR) is 102 cm³/mol. The van der Waals surface area contributed by atoms with Crippen molar-refractivity contribution in [2.24, 2.45) is 5.16 Å². The van der Waals surface area contributed by atoms with Crippen molar-refractivity contribution in [1.82, 2.24) is 0 Å². The molecule has 122 valence electrons. The highest BCUT2D eigenvalue weighted by molar-refractivity contribution is 7.98. The lowest BCUT2D eigenvalue weighted by atomic mass is 10.0. The van der Waals surface area contributed by atoms with Crippen LogP contribution in [0.5, 0.6) is 0 Å². The average molecular weight is 346 g/mol. The smallest absolute Gasteiger partial charge is 0.0577 e. The topological polar surface area (TPSA) is 32.6 Å². The molecule has 23 heavy (non-hydrogen) atoms. The maximum absolute atomic E-state index is 9.23. The van der Waals surface area contributed by atoms with Crippen molar-refractivity contribution in [3.8, 4) is 0 Å². The van der Waals surface area contributed by atoms with Gasteiger partial charge in [0.15, 0.2) is 0 Å². The molecular formula is C19H23NOS2. The van der Waals surface area contributed by atoms with E-state index in [1.807, 2.05) is 0 Å². The molecule has 0 aliphatic heterocycles. The third-order valence-electron chi connectivity index (χ3n) is 3.86. The summed E-state index contributed by atoms with van der Waals surface area (Å²) in [4.78, 5) is 2.55. The Balaban J connectivity index is 1.82. The van der Waals surface area contributed by atoms with Crippen molar-refractivity contribution < 1.29 is 5.21 Å². The van der Waals surface area contributed by atoms with Gasteiger partial charge < -0.3 is 5.21 Å². The summed E-state index contributed by atoms with van der Waals surface area (Å²) in [5.41, 5.74) is 3.44. The van der Waals surface area contributed by atoms with E-state index in [4.69, 9.17) is 0 Å². The van der Waals surface area contributed by atoms with Crippen molar-refractivity contribution in [3.05, 3.63) is 59.7 Å². The van der Waals surface area contributed by atoms with Crippen molar-refractivity contribution >= 4 is 29.2 Å². The molecular weight excluding hydrogens is 322 g/mol. The Kier molecular flexibility index (Phi) is 7.56. The van der Waals surface area contributed by atoms with Crippen LogP contribution in [0, 0.1) is 0 Å². The second kappa shape index (κ2) is 9.68. The van der Waals surface area contributed by atoms with Crippen LogP contribution in [0.2, 0.25) is 0 Å². The Labute approximate surface area is 147 Å². The molecule has 2 nitrogen and oxygen atoms in total. The van der Waals surface area contributed by atoms with E-state index in [2.05, 4.69) is 66.2 Å². The molecule has 0 bridgehead atoms. The van der Waals surface area contributed by atoms with Crippen LogP contribution in [0.3, 0.4) is 0 Å². The minimum atomic E-state index is 0.804. The van der Waals surface area contributed by atoms with E-state index in [9.17, 15) is 5.21 Å². The van der Waals surface area contributed by atoms with Gasteiger partial charge >= 0.3 is 0 Å². The summed E-state index contributed by atoms with van der Waals surface area (Å²) in [6.45, 7) is 0. The van der Waals surface area contributed by atoms with Gasteiger partial charge in [-0.3, -0.25) is 0 Å². The van der Waals surface area contributed by atoms with E-state index in [-0.39, 0.29) is 0 Å². The molecule has 0 amide bonds. The number of thioether (sulfide) groups is 2. The van der Waals surface area contributed by atoms with Crippen LogP contribution in [0.1, 0.15) is 24.0 Å². The Bertz CT molecular complexity index is 567. The van der Waals surface area contributed by atoms with Crippen molar-refractivity contribution in [3.63, 3.8) is 0 Å². The fourth-order valence-corrected chi connectivity index (χ4v) is 3.20. The van der Waals surface area contributed by atoms with Crippen molar-refractivity contribution in [2.45, 2.75) is 35.5 Å². The molecule has 4 heteroatoms. The highest BCUT2D eigenvalue weighted by Gasteiger charge is 2.04. The van der Waals surface area contributed by atoms with Crippen LogP contribution in [-0.4, -0.2) is 23.4 Å². The summed E-state index contributed by atoms with van der Waals surface area (Å²) in [6, 6.07) is 17.2. The van der Waals surface area contributed by atoms with Gasteiger partial charge in [0, 0.05) is 9.79 Å². The van der Waals surface area contributed by atoms with Gasteiger partial charge in [-0.05, 0) is 73.6 Å². The quantitative estimate of drug-likeness (QED) is 0.296. The zero-order chi connectivity index (χ0) is 16.5. The minimum Gasteiger partial charge on any atom is -0.411 e. The summed E-state index contributed by atoms with van der Waals surface area (Å²) in [7, 11) is 0. The Morgan fingerprint density at radius 3 is 1.48 bits per heavy atom. The van der Waals surface area contributed by atoms with Crippen LogP contribution in [0.25, 0.3) is 0 Å². The maximum atomic E-state index is 9.23. The van der Waals surface area contributed by atoms with Gasteiger partial charge in [0.2, 0.25) is 0 Å². The number of hydrogen-bond donors (Lipinski definition) is 1. The Morgan fingerprint density at radius 1 is 0.783 bits per heavy atom. The van der Waals surface area contributed by atoms with E-state index in [0.717, 1.165) is 31.4 Å². The molecule has 0 heterocycles. The van der Waals surface area contributed by atoms with Gasteiger partial charge in [0.1, 0.15) is 0 Å². The summed E-state index contributed by atoms with van der Waals surface area (Å²) in [5, 5.41) is 12.7. The third-order valence-corrected chi connectivity index (χ3v) is 5.35. The van der Waals surface area contributed by atoms with Crippen molar-refractivity contribution in [2.75, 3.05) is 12.5 Å². The first-order chi connectivity index (χ1) is 11.2. The summed E-state index contributed by atoms with van der Waals surface area (Å²) in [6.07, 6.45) is 7.60. The van der Waals surface area contributed by atoms with E-state index < -0.39 is 0 Å². The van der Waals surface area contributed by atoms with Crippen LogP contribution in [0.4, 0.5) is 0 Å². The molecule has 0 saturated heterocycles. The Morgan fingerprint density at radius 2 is 1.17 bits per heavy atom. The zero-order valence-electron chi connectivity index (χ0n) is 13.7. The molecule has 0 aromatic heterocycles. The molecule has 0 aliphatic rings. The van der Waals surface area contributed by atoms with Gasteiger partial charge in [0.25, 0.3) is 0 Å². The molecule has 0 aliphatic carbocycles. The largest absolute Gasteiger partial charge is 0.411 e. The minimum absolute atomic E-state index is 0.804. The number of nitrogens with zero attached hydrogens (tertiary/aromatic N) is 1. The SMILES string of the molecule is CSc1ccc(CCC(CCc2ccc(SC)cc2)=NO)cc1. The molecule has 0 spiro atoms. The first kappa shape index (κ1) is 18.0. The predicted octanol–water partition coefficient (Wildman–Crippen LogP) is 5.53. The zero-order valence-corrected chi connectivity index (χ0v) is 15.3. The molecule has 2 rings (SSSR count). The number of rotatable bonds is 8. The van der Waals surface area contributed by atoms with Gasteiger partial charge in [-0.1, -0.05) is 29.4 Å². The summed E-state index contributed by atoms with van der Waals surface area (Å²) >= 11 is 3.50. The molecule has 2 aromatic carbocycles. The molecule has 1 N–H and O–H groups in total. The van der Waals surface area contributed by atoms with E-state index in [1.165, 1.54) is 20.9 Å². The van der Waals surface area contributed by atoms with E-state index >= 15 is 0 Å². The second-order valence-corrected chi connectivity index (χ2v) is 7.12. The molecule has 0 fully saturated rings. The van der Waals surface area contributed by atoms with Gasteiger partial charge in [-0.15, -0.1) is 23.5 Å². The lowest BCUT2D eigenvalue weighted by molar-refractivity contribution is 0.316. The normalized spacial score (nSPS) is 10.5. The molecule has 0 radical (unpaired) electrons. The van der Waals surface area contributed by atoms with Crippen LogP contribution in [-0.2, 0) is 12.8 Å². The number of aryl methyl sites for hydroxylation is 2. The molecule has 0 saturated carbocycles. The monoisotopic (exact) mass is 345 g/mol. The van der Waals surface area contributed by atoms with Crippen LogP contribution < -0.4 is 0 Å². The number of oxime groups is 1. The fourth-order valence-electron chi connectivity index (χ4n) is 2.39. The summed E-state index contributed by atoms with van der Waals surface area (Å²) in [5.74, 6) is 0. The lowest BCUT2D eigenvalue weighted by Gasteiger charge is -2.06. The van der Waals surface area contributed by atoms with E-state index in [0.29, 0.717) is 0 Å². The first-order valence-corrected chi connectivity index (χ1v) is 10.2. The lowest BCUT2D eigenvalue weighted by Crippen LogP contribution is -2.03. The van der Waals surface area contributed by atoms with Gasteiger partial charge in [-0.25, -0.2) is 0 Å². The average Bonchev–Trinajstić information content (AvgIpc) is 2.62.